The van der Waals surface area contributed by atoms with Gasteiger partial charge in [-0.15, -0.1) is 0 Å². The lowest BCUT2D eigenvalue weighted by Gasteiger charge is -2.23. The monoisotopic (exact) mass is 480 g/mol. The molecule has 1 aromatic heterocycles. The maximum absolute atomic E-state index is 13.2. The van der Waals surface area contributed by atoms with E-state index in [0.717, 1.165) is 54.3 Å². The van der Waals surface area contributed by atoms with E-state index >= 15 is 0 Å². The van der Waals surface area contributed by atoms with Crippen molar-refractivity contribution in [2.24, 2.45) is 11.7 Å². The van der Waals surface area contributed by atoms with Crippen molar-refractivity contribution in [3.63, 3.8) is 0 Å². The van der Waals surface area contributed by atoms with E-state index in [4.69, 9.17) is 22.3 Å². The predicted octanol–water partition coefficient (Wildman–Crippen LogP) is 4.82. The molecule has 0 radical (unpaired) electrons. The molecule has 1 aliphatic rings. The van der Waals surface area contributed by atoms with Crippen LogP contribution in [0.3, 0.4) is 0 Å². The van der Waals surface area contributed by atoms with Gasteiger partial charge in [-0.05, 0) is 74.9 Å². The Kier molecular flexibility index (Phi) is 7.69. The van der Waals surface area contributed by atoms with Crippen molar-refractivity contribution in [3.8, 4) is 0 Å². The lowest BCUT2D eigenvalue weighted by molar-refractivity contribution is 0.0746. The van der Waals surface area contributed by atoms with Gasteiger partial charge < -0.3 is 15.6 Å². The number of H-pyrrole nitrogens is 1. The number of amides is 1. The lowest BCUT2D eigenvalue weighted by atomic mass is 10.1. The molecule has 0 bridgehead atoms. The molecule has 3 aromatic rings. The van der Waals surface area contributed by atoms with E-state index in [1.807, 2.05) is 48.2 Å². The highest BCUT2D eigenvalue weighted by molar-refractivity contribution is 6.31. The average Bonchev–Trinajstić information content (AvgIpc) is 3.59. The lowest BCUT2D eigenvalue weighted by Crippen LogP contribution is -2.35. The number of hydrogen-bond acceptors (Lipinski definition) is 4. The molecule has 1 fully saturated rings. The molecular formula is C27H33ClN4O2. The number of rotatable bonds is 10. The second kappa shape index (κ2) is 10.7. The fourth-order valence-electron chi connectivity index (χ4n) is 4.56. The Hall–Kier alpha value is -2.70. The molecule has 1 aliphatic carbocycles. The van der Waals surface area contributed by atoms with Gasteiger partial charge in [-0.25, -0.2) is 4.98 Å². The number of benzene rings is 2. The molecule has 0 aliphatic heterocycles. The summed E-state index contributed by atoms with van der Waals surface area (Å²) >= 11 is 6.35. The highest BCUT2D eigenvalue weighted by Crippen LogP contribution is 2.46. The Labute approximate surface area is 205 Å². The van der Waals surface area contributed by atoms with Crippen molar-refractivity contribution < 1.29 is 4.79 Å². The molecule has 2 unspecified atom stereocenters. The molecule has 180 valence electrons. The van der Waals surface area contributed by atoms with E-state index in [-0.39, 0.29) is 23.3 Å². The van der Waals surface area contributed by atoms with Gasteiger partial charge >= 0.3 is 0 Å². The van der Waals surface area contributed by atoms with Gasteiger partial charge in [0, 0.05) is 29.6 Å². The van der Waals surface area contributed by atoms with E-state index in [1.165, 1.54) is 0 Å². The molecule has 1 saturated carbocycles. The Balaban J connectivity index is 1.54. The van der Waals surface area contributed by atoms with Crippen molar-refractivity contribution in [2.45, 2.75) is 51.9 Å². The van der Waals surface area contributed by atoms with E-state index in [9.17, 15) is 9.59 Å². The maximum atomic E-state index is 13.2. The summed E-state index contributed by atoms with van der Waals surface area (Å²) in [6, 6.07) is 11.4. The van der Waals surface area contributed by atoms with Gasteiger partial charge in [0.15, 0.2) is 0 Å². The van der Waals surface area contributed by atoms with E-state index < -0.39 is 0 Å². The minimum absolute atomic E-state index is 0.00632. The van der Waals surface area contributed by atoms with E-state index in [0.29, 0.717) is 35.9 Å². The van der Waals surface area contributed by atoms with Crippen LogP contribution in [0, 0.1) is 12.8 Å². The smallest absolute Gasteiger partial charge is 0.270 e. The first-order valence-corrected chi connectivity index (χ1v) is 12.6. The van der Waals surface area contributed by atoms with Gasteiger partial charge in [0.25, 0.3) is 11.5 Å². The number of halogens is 1. The number of aryl methyl sites for hydroxylation is 2. The molecule has 7 heteroatoms. The first kappa shape index (κ1) is 24.4. The van der Waals surface area contributed by atoms with Gasteiger partial charge in [-0.3, -0.25) is 9.59 Å². The van der Waals surface area contributed by atoms with Crippen LogP contribution in [0.15, 0.2) is 41.2 Å². The summed E-state index contributed by atoms with van der Waals surface area (Å²) in [7, 11) is 0. The first-order valence-electron chi connectivity index (χ1n) is 12.2. The highest BCUT2D eigenvalue weighted by Gasteiger charge is 2.43. The number of carbonyl (C=O) groups is 1. The first-order chi connectivity index (χ1) is 16.4. The molecule has 1 amide bonds. The average molecular weight is 481 g/mol. The number of aromatic nitrogens is 2. The summed E-state index contributed by atoms with van der Waals surface area (Å²) < 4.78 is 0. The third-order valence-electron chi connectivity index (χ3n) is 6.62. The maximum Gasteiger partial charge on any atom is 0.270 e. The molecule has 34 heavy (non-hydrogen) atoms. The minimum Gasteiger partial charge on any atom is -0.338 e. The van der Waals surface area contributed by atoms with Crippen molar-refractivity contribution >= 4 is 28.5 Å². The number of nitrogens with zero attached hydrogens (tertiary/aromatic N) is 2. The Morgan fingerprint density at radius 1 is 1.24 bits per heavy atom. The molecule has 1 heterocycles. The van der Waals surface area contributed by atoms with Crippen molar-refractivity contribution in [1.29, 1.82) is 0 Å². The number of fused-ring (bicyclic) bond motifs is 1. The largest absolute Gasteiger partial charge is 0.338 e. The summed E-state index contributed by atoms with van der Waals surface area (Å²) in [5, 5.41) is 0.633. The summed E-state index contributed by atoms with van der Waals surface area (Å²) in [5.41, 5.74) is 10.5. The number of aromatic amines is 1. The van der Waals surface area contributed by atoms with Crippen LogP contribution in [0.2, 0.25) is 5.02 Å². The predicted molar refractivity (Wildman–Crippen MR) is 138 cm³/mol. The Morgan fingerprint density at radius 2 is 2.00 bits per heavy atom. The van der Waals surface area contributed by atoms with Crippen molar-refractivity contribution in [1.82, 2.24) is 14.9 Å². The quantitative estimate of drug-likeness (QED) is 0.435. The number of nitrogens with one attached hydrogen (secondary N) is 1. The van der Waals surface area contributed by atoms with Gasteiger partial charge in [0.2, 0.25) is 0 Å². The fraction of sp³-hybridized carbons (Fsp3) is 0.444. The van der Waals surface area contributed by atoms with Crippen LogP contribution in [0.25, 0.3) is 11.0 Å². The Bertz CT molecular complexity index is 1220. The van der Waals surface area contributed by atoms with Crippen LogP contribution in [0.4, 0.5) is 0 Å². The Morgan fingerprint density at radius 3 is 2.71 bits per heavy atom. The molecule has 2 aromatic carbocycles. The van der Waals surface area contributed by atoms with Crippen LogP contribution >= 0.6 is 11.6 Å². The van der Waals surface area contributed by atoms with Crippen LogP contribution in [-0.2, 0) is 6.42 Å². The number of unbranched alkanes of at least 4 members (excludes halogenated alkanes) is 1. The van der Waals surface area contributed by atoms with Gasteiger partial charge in [0.1, 0.15) is 5.69 Å². The van der Waals surface area contributed by atoms with Crippen LogP contribution in [-0.4, -0.2) is 40.4 Å². The van der Waals surface area contributed by atoms with Crippen LogP contribution in [0.1, 0.15) is 65.7 Å². The SMILES string of the molecule is CCCCc1cc(Cl)cc2nc(C3CC3CN(CCCN)C(=O)c3ccc(C)cc3)c(=O)[nH]c12. The number of nitrogens with two attached hydrogens (primary N) is 1. The molecular weight excluding hydrogens is 448 g/mol. The minimum atomic E-state index is -0.140. The molecule has 4 rings (SSSR count). The van der Waals surface area contributed by atoms with E-state index in [2.05, 4.69) is 11.9 Å². The molecule has 0 spiro atoms. The summed E-state index contributed by atoms with van der Waals surface area (Å²) in [6.07, 6.45) is 4.52. The van der Waals surface area contributed by atoms with E-state index in [1.54, 1.807) is 0 Å². The standard InChI is InChI=1S/C27H33ClN4O2/c1-3-4-6-19-13-21(28)15-23-24(19)31-26(33)25(30-23)22-14-20(22)16-32(12-5-11-29)27(34)18-9-7-17(2)8-10-18/h7-10,13,15,20,22H,3-6,11-12,14,16,29H2,1-2H3,(H,31,33). The number of hydrogen-bond donors (Lipinski definition) is 2. The topological polar surface area (TPSA) is 92.1 Å². The molecule has 0 saturated heterocycles. The normalized spacial score (nSPS) is 17.2. The fourth-order valence-corrected chi connectivity index (χ4v) is 4.79. The summed E-state index contributed by atoms with van der Waals surface area (Å²) in [6.45, 7) is 5.86. The molecule has 2 atom stereocenters. The third kappa shape index (κ3) is 5.50. The van der Waals surface area contributed by atoms with Crippen molar-refractivity contribution in [2.75, 3.05) is 19.6 Å². The third-order valence-corrected chi connectivity index (χ3v) is 6.84. The zero-order chi connectivity index (χ0) is 24.2. The summed E-state index contributed by atoms with van der Waals surface area (Å²) in [4.78, 5) is 35.8. The zero-order valence-electron chi connectivity index (χ0n) is 19.9. The van der Waals surface area contributed by atoms with Crippen molar-refractivity contribution in [3.05, 3.63) is 74.2 Å². The van der Waals surface area contributed by atoms with Gasteiger partial charge in [0.05, 0.1) is 11.0 Å². The number of carbonyl (C=O) groups excluding carboxylic acids is 1. The van der Waals surface area contributed by atoms with Crippen LogP contribution < -0.4 is 11.3 Å². The summed E-state index contributed by atoms with van der Waals surface area (Å²) in [5.74, 6) is 0.251. The molecule has 6 nitrogen and oxygen atoms in total. The van der Waals surface area contributed by atoms with Gasteiger partial charge in [-0.2, -0.15) is 0 Å². The van der Waals surface area contributed by atoms with Crippen LogP contribution in [0.5, 0.6) is 0 Å². The zero-order valence-corrected chi connectivity index (χ0v) is 20.7. The second-order valence-corrected chi connectivity index (χ2v) is 9.81. The van der Waals surface area contributed by atoms with Gasteiger partial charge in [-0.1, -0.05) is 42.6 Å². The molecule has 3 N–H and O–H groups in total. The second-order valence-electron chi connectivity index (χ2n) is 9.38. The highest BCUT2D eigenvalue weighted by atomic mass is 35.5.